The van der Waals surface area contributed by atoms with Gasteiger partial charge in [-0.05, 0) is 59.8 Å². The second-order valence-electron chi connectivity index (χ2n) is 5.36. The molecule has 1 fully saturated rings. The summed E-state index contributed by atoms with van der Waals surface area (Å²) in [5, 5.41) is 3.41. The van der Waals surface area contributed by atoms with E-state index < -0.39 is 11.6 Å². The summed E-state index contributed by atoms with van der Waals surface area (Å²) in [4.78, 5) is 0. The Bertz CT molecular complexity index is 432. The van der Waals surface area contributed by atoms with Crippen molar-refractivity contribution in [2.24, 2.45) is 5.92 Å². The first-order valence-electron chi connectivity index (χ1n) is 6.97. The maximum atomic E-state index is 14.0. The third-order valence-electron chi connectivity index (χ3n) is 3.59. The molecule has 0 saturated heterocycles. The molecule has 1 aromatic rings. The molecule has 1 nitrogen and oxygen atoms in total. The highest BCUT2D eigenvalue weighted by Gasteiger charge is 2.26. The monoisotopic (exact) mass is 331 g/mol. The molecule has 1 aliphatic rings. The Labute approximate surface area is 121 Å². The van der Waals surface area contributed by atoms with Crippen LogP contribution < -0.4 is 5.32 Å². The molecule has 0 aliphatic heterocycles. The second kappa shape index (κ2) is 6.80. The first-order chi connectivity index (χ1) is 9.11. The average molecular weight is 332 g/mol. The van der Waals surface area contributed by atoms with Crippen LogP contribution in [0.15, 0.2) is 16.6 Å². The molecule has 0 heterocycles. The van der Waals surface area contributed by atoms with Crippen LogP contribution in [0.4, 0.5) is 8.78 Å². The predicted octanol–water partition coefficient (Wildman–Crippen LogP) is 4.44. The van der Waals surface area contributed by atoms with Crippen LogP contribution in [0.3, 0.4) is 0 Å². The van der Waals surface area contributed by atoms with E-state index in [1.165, 1.54) is 25.0 Å². The fourth-order valence-corrected chi connectivity index (χ4v) is 2.72. The quantitative estimate of drug-likeness (QED) is 0.728. The van der Waals surface area contributed by atoms with Crippen molar-refractivity contribution in [2.75, 3.05) is 6.54 Å². The zero-order chi connectivity index (χ0) is 13.8. The van der Waals surface area contributed by atoms with E-state index in [1.807, 2.05) is 0 Å². The lowest BCUT2D eigenvalue weighted by Crippen LogP contribution is -2.33. The highest BCUT2D eigenvalue weighted by molar-refractivity contribution is 9.10. The van der Waals surface area contributed by atoms with Gasteiger partial charge in [-0.1, -0.05) is 19.8 Å². The molecule has 1 N–H and O–H groups in total. The van der Waals surface area contributed by atoms with Gasteiger partial charge >= 0.3 is 0 Å². The maximum absolute atomic E-state index is 14.0. The smallest absolute Gasteiger partial charge is 0.143 e. The fraction of sp³-hybridized carbons (Fsp3) is 0.600. The molecule has 4 heteroatoms. The molecule has 2 rings (SSSR count). The number of benzene rings is 1. The molecule has 0 bridgehead atoms. The van der Waals surface area contributed by atoms with Gasteiger partial charge in [0.25, 0.3) is 0 Å². The van der Waals surface area contributed by atoms with Crippen LogP contribution in [0.1, 0.15) is 38.2 Å². The lowest BCUT2D eigenvalue weighted by Gasteiger charge is -2.19. The Hall–Kier alpha value is -0.480. The number of hydrogen-bond donors (Lipinski definition) is 1. The number of nitrogens with one attached hydrogen (secondary N) is 1. The molecular formula is C15H20BrF2N. The lowest BCUT2D eigenvalue weighted by molar-refractivity contribution is 0.436. The van der Waals surface area contributed by atoms with Crippen molar-refractivity contribution in [1.29, 1.82) is 0 Å². The number of hydrogen-bond acceptors (Lipinski definition) is 1. The minimum Gasteiger partial charge on any atom is -0.314 e. The maximum Gasteiger partial charge on any atom is 0.143 e. The average Bonchev–Trinajstić information content (AvgIpc) is 3.20. The first kappa shape index (κ1) is 14.9. The van der Waals surface area contributed by atoms with Gasteiger partial charge in [-0.15, -0.1) is 0 Å². The van der Waals surface area contributed by atoms with Crippen LogP contribution >= 0.6 is 15.9 Å². The van der Waals surface area contributed by atoms with Crippen LogP contribution in [0, 0.1) is 17.6 Å². The molecule has 0 amide bonds. The zero-order valence-electron chi connectivity index (χ0n) is 11.2. The normalized spacial score (nSPS) is 16.6. The summed E-state index contributed by atoms with van der Waals surface area (Å²) in [5.41, 5.74) is 0.198. The molecule has 106 valence electrons. The second-order valence-corrected chi connectivity index (χ2v) is 6.21. The van der Waals surface area contributed by atoms with Crippen LogP contribution in [0.25, 0.3) is 0 Å². The van der Waals surface area contributed by atoms with Crippen molar-refractivity contribution in [3.63, 3.8) is 0 Å². The van der Waals surface area contributed by atoms with E-state index in [-0.39, 0.29) is 11.6 Å². The number of halogens is 3. The van der Waals surface area contributed by atoms with Crippen molar-refractivity contribution in [3.8, 4) is 0 Å². The minimum atomic E-state index is -0.459. The van der Waals surface area contributed by atoms with E-state index in [9.17, 15) is 8.78 Å². The molecule has 0 aromatic heterocycles. The molecule has 1 aliphatic carbocycles. The standard InChI is InChI=1S/C15H20BrF2N/c1-2-7-19-11(8-10-3-4-10)9-12-14(17)6-5-13(16)15(12)18/h5-6,10-11,19H,2-4,7-9H2,1H3. The Morgan fingerprint density at radius 2 is 2.11 bits per heavy atom. The fourth-order valence-electron chi connectivity index (χ4n) is 2.35. The molecule has 1 saturated carbocycles. The van der Waals surface area contributed by atoms with Crippen LogP contribution in [-0.4, -0.2) is 12.6 Å². The lowest BCUT2D eigenvalue weighted by atomic mass is 10.00. The third kappa shape index (κ3) is 4.25. The van der Waals surface area contributed by atoms with Gasteiger partial charge in [-0.2, -0.15) is 0 Å². The Kier molecular flexibility index (Phi) is 5.34. The Morgan fingerprint density at radius 3 is 2.74 bits per heavy atom. The van der Waals surface area contributed by atoms with Crippen molar-refractivity contribution < 1.29 is 8.78 Å². The highest BCUT2D eigenvalue weighted by Crippen LogP contribution is 2.34. The Morgan fingerprint density at radius 1 is 1.37 bits per heavy atom. The van der Waals surface area contributed by atoms with Gasteiger partial charge in [-0.3, -0.25) is 0 Å². The highest BCUT2D eigenvalue weighted by atomic mass is 79.9. The summed E-state index contributed by atoms with van der Waals surface area (Å²) < 4.78 is 28.1. The van der Waals surface area contributed by atoms with Gasteiger partial charge < -0.3 is 5.32 Å². The van der Waals surface area contributed by atoms with Crippen molar-refractivity contribution in [1.82, 2.24) is 5.32 Å². The molecule has 1 atom stereocenters. The summed E-state index contributed by atoms with van der Waals surface area (Å²) >= 11 is 3.12. The van der Waals surface area contributed by atoms with Gasteiger partial charge in [0.15, 0.2) is 0 Å². The van der Waals surface area contributed by atoms with Crippen molar-refractivity contribution in [3.05, 3.63) is 33.8 Å². The zero-order valence-corrected chi connectivity index (χ0v) is 12.8. The van der Waals surface area contributed by atoms with Crippen LogP contribution in [-0.2, 0) is 6.42 Å². The van der Waals surface area contributed by atoms with Crippen LogP contribution in [0.5, 0.6) is 0 Å². The van der Waals surface area contributed by atoms with Gasteiger partial charge in [0.2, 0.25) is 0 Å². The largest absolute Gasteiger partial charge is 0.314 e. The van der Waals surface area contributed by atoms with E-state index in [0.717, 1.165) is 25.3 Å². The Balaban J connectivity index is 2.08. The van der Waals surface area contributed by atoms with E-state index in [2.05, 4.69) is 28.2 Å². The van der Waals surface area contributed by atoms with Gasteiger partial charge in [0.1, 0.15) is 11.6 Å². The molecule has 1 aromatic carbocycles. The molecular weight excluding hydrogens is 312 g/mol. The van der Waals surface area contributed by atoms with E-state index in [1.54, 1.807) is 0 Å². The SMILES string of the molecule is CCCNC(Cc1c(F)ccc(Br)c1F)CC1CC1. The summed E-state index contributed by atoms with van der Waals surface area (Å²) in [6.07, 6.45) is 4.99. The van der Waals surface area contributed by atoms with Gasteiger partial charge in [-0.25, -0.2) is 8.78 Å². The van der Waals surface area contributed by atoms with Crippen molar-refractivity contribution >= 4 is 15.9 Å². The molecule has 0 spiro atoms. The summed E-state index contributed by atoms with van der Waals surface area (Å²) in [6.45, 7) is 3.00. The molecule has 19 heavy (non-hydrogen) atoms. The number of rotatable bonds is 7. The molecule has 0 radical (unpaired) electrons. The summed E-state index contributed by atoms with van der Waals surface area (Å²) in [7, 11) is 0. The topological polar surface area (TPSA) is 12.0 Å². The van der Waals surface area contributed by atoms with Gasteiger partial charge in [0.05, 0.1) is 4.47 Å². The van der Waals surface area contributed by atoms with E-state index in [4.69, 9.17) is 0 Å². The predicted molar refractivity (Wildman–Crippen MR) is 77.2 cm³/mol. The minimum absolute atomic E-state index is 0.172. The van der Waals surface area contributed by atoms with Gasteiger partial charge in [0, 0.05) is 11.6 Å². The summed E-state index contributed by atoms with van der Waals surface area (Å²) in [6, 6.07) is 2.92. The third-order valence-corrected chi connectivity index (χ3v) is 4.20. The van der Waals surface area contributed by atoms with E-state index in [0.29, 0.717) is 10.9 Å². The van der Waals surface area contributed by atoms with Crippen LogP contribution in [0.2, 0.25) is 0 Å². The summed E-state index contributed by atoms with van der Waals surface area (Å²) in [5.74, 6) is -0.161. The van der Waals surface area contributed by atoms with E-state index >= 15 is 0 Å². The molecule has 1 unspecified atom stereocenters. The van der Waals surface area contributed by atoms with Crippen molar-refractivity contribution in [2.45, 2.75) is 45.1 Å². The first-order valence-corrected chi connectivity index (χ1v) is 7.76.